The molecule has 0 aliphatic heterocycles. The standard InChI is InChI=1S/C7H9ClN8/c1-3(6-13-15-16-14-6)10-5-2-4(8)11-7(9)12-5/h2-3H,1H3,(H3,9,10,11,12)(H,13,14,15,16). The van der Waals surface area contributed by atoms with Gasteiger partial charge in [-0.1, -0.05) is 16.8 Å². The number of rotatable bonds is 3. The van der Waals surface area contributed by atoms with Crippen LogP contribution in [0.5, 0.6) is 0 Å². The van der Waals surface area contributed by atoms with Crippen LogP contribution in [0.4, 0.5) is 11.8 Å². The Labute approximate surface area is 95.6 Å². The van der Waals surface area contributed by atoms with Crippen LogP contribution >= 0.6 is 11.6 Å². The molecule has 16 heavy (non-hydrogen) atoms. The van der Waals surface area contributed by atoms with Crippen molar-refractivity contribution in [1.29, 1.82) is 0 Å². The zero-order chi connectivity index (χ0) is 11.5. The summed E-state index contributed by atoms with van der Waals surface area (Å²) >= 11 is 5.74. The minimum Gasteiger partial charge on any atom is -0.368 e. The summed E-state index contributed by atoms with van der Waals surface area (Å²) in [6.07, 6.45) is 0. The third-order valence-electron chi connectivity index (χ3n) is 1.83. The second kappa shape index (κ2) is 4.27. The Morgan fingerprint density at radius 2 is 2.31 bits per heavy atom. The van der Waals surface area contributed by atoms with E-state index in [2.05, 4.69) is 35.9 Å². The minimum atomic E-state index is -0.163. The maximum Gasteiger partial charge on any atom is 0.223 e. The highest BCUT2D eigenvalue weighted by Crippen LogP contribution is 2.17. The summed E-state index contributed by atoms with van der Waals surface area (Å²) in [6.45, 7) is 1.86. The minimum absolute atomic E-state index is 0.107. The van der Waals surface area contributed by atoms with Gasteiger partial charge in [0, 0.05) is 6.07 Å². The molecule has 0 fully saturated rings. The van der Waals surface area contributed by atoms with Gasteiger partial charge in [0.25, 0.3) is 0 Å². The second-order valence-corrected chi connectivity index (χ2v) is 3.46. The van der Waals surface area contributed by atoms with Crippen LogP contribution in [0.2, 0.25) is 5.15 Å². The molecule has 84 valence electrons. The summed E-state index contributed by atoms with van der Waals surface area (Å²) in [5.41, 5.74) is 5.46. The molecule has 0 saturated carbocycles. The highest BCUT2D eigenvalue weighted by molar-refractivity contribution is 6.29. The fourth-order valence-electron chi connectivity index (χ4n) is 1.15. The summed E-state index contributed by atoms with van der Waals surface area (Å²) in [5.74, 6) is 1.14. The number of nitrogens with two attached hydrogens (primary N) is 1. The molecule has 2 rings (SSSR count). The van der Waals surface area contributed by atoms with Crippen molar-refractivity contribution in [1.82, 2.24) is 30.6 Å². The van der Waals surface area contributed by atoms with E-state index in [0.29, 0.717) is 11.6 Å². The van der Waals surface area contributed by atoms with E-state index < -0.39 is 0 Å². The van der Waals surface area contributed by atoms with Crippen molar-refractivity contribution in [3.05, 3.63) is 17.0 Å². The second-order valence-electron chi connectivity index (χ2n) is 3.07. The van der Waals surface area contributed by atoms with Crippen LogP contribution in [0.15, 0.2) is 6.07 Å². The lowest BCUT2D eigenvalue weighted by atomic mass is 10.3. The molecule has 0 aliphatic carbocycles. The van der Waals surface area contributed by atoms with E-state index in [-0.39, 0.29) is 17.1 Å². The first-order valence-corrected chi connectivity index (χ1v) is 4.83. The van der Waals surface area contributed by atoms with Gasteiger partial charge in [-0.05, 0) is 6.92 Å². The Kier molecular flexibility index (Phi) is 2.82. The molecule has 2 aromatic rings. The normalized spacial score (nSPS) is 12.4. The number of tetrazole rings is 1. The summed E-state index contributed by atoms with van der Waals surface area (Å²) in [5, 5.41) is 16.8. The van der Waals surface area contributed by atoms with Crippen molar-refractivity contribution in [2.45, 2.75) is 13.0 Å². The van der Waals surface area contributed by atoms with Crippen LogP contribution < -0.4 is 11.1 Å². The van der Waals surface area contributed by atoms with E-state index in [4.69, 9.17) is 17.3 Å². The molecule has 0 amide bonds. The molecule has 9 heteroatoms. The first kappa shape index (κ1) is 10.6. The predicted octanol–water partition coefficient (Wildman–Crippen LogP) is 0.398. The van der Waals surface area contributed by atoms with Crippen molar-refractivity contribution in [2.24, 2.45) is 0 Å². The van der Waals surface area contributed by atoms with Crippen LogP contribution in [0.1, 0.15) is 18.8 Å². The highest BCUT2D eigenvalue weighted by Gasteiger charge is 2.11. The smallest absolute Gasteiger partial charge is 0.223 e. The molecule has 2 heterocycles. The van der Waals surface area contributed by atoms with Crippen LogP contribution in [0, 0.1) is 0 Å². The van der Waals surface area contributed by atoms with E-state index in [0.717, 1.165) is 0 Å². The zero-order valence-electron chi connectivity index (χ0n) is 8.35. The molecule has 4 N–H and O–H groups in total. The fourth-order valence-corrected chi connectivity index (χ4v) is 1.34. The van der Waals surface area contributed by atoms with Crippen LogP contribution in [0.3, 0.4) is 0 Å². The van der Waals surface area contributed by atoms with Gasteiger partial charge in [0.15, 0.2) is 5.82 Å². The molecule has 0 saturated heterocycles. The lowest BCUT2D eigenvalue weighted by Gasteiger charge is -2.10. The largest absolute Gasteiger partial charge is 0.368 e. The van der Waals surface area contributed by atoms with E-state index in [1.54, 1.807) is 6.07 Å². The summed E-state index contributed by atoms with van der Waals surface area (Å²) < 4.78 is 0. The monoisotopic (exact) mass is 240 g/mol. The average Bonchev–Trinajstić information content (AvgIpc) is 2.68. The van der Waals surface area contributed by atoms with Crippen molar-refractivity contribution >= 4 is 23.4 Å². The van der Waals surface area contributed by atoms with Gasteiger partial charge in [-0.15, -0.1) is 10.2 Å². The Balaban J connectivity index is 2.15. The quantitative estimate of drug-likeness (QED) is 0.665. The van der Waals surface area contributed by atoms with Gasteiger partial charge >= 0.3 is 0 Å². The number of anilines is 2. The van der Waals surface area contributed by atoms with E-state index >= 15 is 0 Å². The molecule has 2 aromatic heterocycles. The van der Waals surface area contributed by atoms with Crippen LogP contribution in [-0.4, -0.2) is 30.6 Å². The third-order valence-corrected chi connectivity index (χ3v) is 2.02. The topological polar surface area (TPSA) is 118 Å². The van der Waals surface area contributed by atoms with Gasteiger partial charge in [-0.2, -0.15) is 10.2 Å². The van der Waals surface area contributed by atoms with Gasteiger partial charge < -0.3 is 11.1 Å². The Hall–Kier alpha value is -1.96. The lowest BCUT2D eigenvalue weighted by Crippen LogP contribution is -2.11. The fraction of sp³-hybridized carbons (Fsp3) is 0.286. The maximum atomic E-state index is 5.74. The molecular formula is C7H9ClN8. The number of H-pyrrole nitrogens is 1. The van der Waals surface area contributed by atoms with Gasteiger partial charge in [-0.3, -0.25) is 0 Å². The number of halogens is 1. The van der Waals surface area contributed by atoms with Crippen molar-refractivity contribution in [2.75, 3.05) is 11.1 Å². The number of aromatic nitrogens is 6. The molecule has 8 nitrogen and oxygen atoms in total. The molecular weight excluding hydrogens is 232 g/mol. The number of nitrogen functional groups attached to an aromatic ring is 1. The zero-order valence-corrected chi connectivity index (χ0v) is 9.10. The Morgan fingerprint density at radius 1 is 1.50 bits per heavy atom. The molecule has 1 unspecified atom stereocenters. The van der Waals surface area contributed by atoms with Crippen molar-refractivity contribution in [3.8, 4) is 0 Å². The number of hydrogen-bond donors (Lipinski definition) is 3. The SMILES string of the molecule is CC(Nc1cc(Cl)nc(N)n1)c1nn[nH]n1. The van der Waals surface area contributed by atoms with E-state index in [1.165, 1.54) is 0 Å². The van der Waals surface area contributed by atoms with Crippen LogP contribution in [-0.2, 0) is 0 Å². The molecule has 0 aromatic carbocycles. The summed E-state index contributed by atoms with van der Waals surface area (Å²) in [6, 6.07) is 1.40. The molecule has 0 aliphatic rings. The number of aromatic amines is 1. The first-order chi connectivity index (χ1) is 7.65. The summed E-state index contributed by atoms with van der Waals surface area (Å²) in [4.78, 5) is 7.72. The van der Waals surface area contributed by atoms with Crippen molar-refractivity contribution in [3.63, 3.8) is 0 Å². The third kappa shape index (κ3) is 2.34. The predicted molar refractivity (Wildman–Crippen MR) is 57.7 cm³/mol. The Bertz CT molecular complexity index is 449. The molecule has 1 atom stereocenters. The first-order valence-electron chi connectivity index (χ1n) is 4.45. The number of hydrogen-bond acceptors (Lipinski definition) is 7. The molecule has 0 spiro atoms. The van der Waals surface area contributed by atoms with Gasteiger partial charge in [0.1, 0.15) is 11.0 Å². The van der Waals surface area contributed by atoms with Crippen molar-refractivity contribution < 1.29 is 0 Å². The van der Waals surface area contributed by atoms with Gasteiger partial charge in [-0.25, -0.2) is 4.98 Å². The average molecular weight is 241 g/mol. The molecule has 0 bridgehead atoms. The summed E-state index contributed by atoms with van der Waals surface area (Å²) in [7, 11) is 0. The number of nitrogens with zero attached hydrogens (tertiary/aromatic N) is 5. The number of nitrogens with one attached hydrogen (secondary N) is 2. The maximum absolute atomic E-state index is 5.74. The van der Waals surface area contributed by atoms with E-state index in [1.807, 2.05) is 6.92 Å². The highest BCUT2D eigenvalue weighted by atomic mass is 35.5. The lowest BCUT2D eigenvalue weighted by molar-refractivity contribution is 0.787. The molecule has 0 radical (unpaired) electrons. The van der Waals surface area contributed by atoms with Gasteiger partial charge in [0.2, 0.25) is 5.95 Å². The van der Waals surface area contributed by atoms with E-state index in [9.17, 15) is 0 Å². The Morgan fingerprint density at radius 3 is 2.94 bits per heavy atom. The van der Waals surface area contributed by atoms with Crippen LogP contribution in [0.25, 0.3) is 0 Å². The van der Waals surface area contributed by atoms with Gasteiger partial charge in [0.05, 0.1) is 6.04 Å².